The molecule has 0 aliphatic carbocycles. The Labute approximate surface area is 144 Å². The van der Waals surface area contributed by atoms with Gasteiger partial charge in [0, 0.05) is 0 Å². The molecule has 0 spiro atoms. The number of phenolic OH excluding ortho intramolecular Hbond substituents is 1. The lowest BCUT2D eigenvalue weighted by Crippen LogP contribution is -2.08. The van der Waals surface area contributed by atoms with Crippen molar-refractivity contribution >= 4 is 11.9 Å². The molecule has 0 saturated heterocycles. The summed E-state index contributed by atoms with van der Waals surface area (Å²) < 4.78 is 5.08. The van der Waals surface area contributed by atoms with Crippen LogP contribution in [0, 0.1) is 0 Å². The Morgan fingerprint density at radius 1 is 0.720 bits per heavy atom. The van der Waals surface area contributed by atoms with E-state index in [1.165, 1.54) is 12.1 Å². The number of phenols is 1. The van der Waals surface area contributed by atoms with E-state index in [0.717, 1.165) is 0 Å². The van der Waals surface area contributed by atoms with Gasteiger partial charge < -0.3 is 14.9 Å². The number of carboxylic acid groups (broad SMARTS) is 1. The minimum Gasteiger partial charge on any atom is -0.507 e. The van der Waals surface area contributed by atoms with Crippen molar-refractivity contribution in [2.24, 2.45) is 0 Å². The number of benzene rings is 3. The maximum atomic E-state index is 11.7. The van der Waals surface area contributed by atoms with E-state index < -0.39 is 11.9 Å². The highest BCUT2D eigenvalue weighted by Crippen LogP contribution is 2.18. The van der Waals surface area contributed by atoms with Crippen molar-refractivity contribution in [3.63, 3.8) is 0 Å². The highest BCUT2D eigenvalue weighted by atomic mass is 16.5. The first-order chi connectivity index (χ1) is 12.1. The average molecular weight is 336 g/mol. The molecule has 0 amide bonds. The molecule has 0 fully saturated rings. The zero-order valence-electron chi connectivity index (χ0n) is 13.2. The van der Waals surface area contributed by atoms with Gasteiger partial charge in [0.25, 0.3) is 0 Å². The predicted molar refractivity (Wildman–Crippen MR) is 92.9 cm³/mol. The molecule has 5 heteroatoms. The summed E-state index contributed by atoms with van der Waals surface area (Å²) in [5, 5.41) is 17.8. The van der Waals surface area contributed by atoms with Gasteiger partial charge in [0.2, 0.25) is 0 Å². The predicted octanol–water partition coefficient (Wildman–Crippen LogP) is 4.00. The summed E-state index contributed by atoms with van der Waals surface area (Å²) in [5.74, 6) is -1.07. The molecule has 2 N–H and O–H groups in total. The first kappa shape index (κ1) is 17.7. The van der Waals surface area contributed by atoms with E-state index in [4.69, 9.17) is 9.84 Å². The van der Waals surface area contributed by atoms with Gasteiger partial charge in [0.1, 0.15) is 17.1 Å². The summed E-state index contributed by atoms with van der Waals surface area (Å²) in [7, 11) is 0. The van der Waals surface area contributed by atoms with Crippen molar-refractivity contribution in [1.29, 1.82) is 0 Å². The van der Waals surface area contributed by atoms with Gasteiger partial charge in [-0.15, -0.1) is 0 Å². The van der Waals surface area contributed by atoms with Crippen LogP contribution in [0.1, 0.15) is 20.7 Å². The van der Waals surface area contributed by atoms with Crippen molar-refractivity contribution in [1.82, 2.24) is 0 Å². The summed E-state index contributed by atoms with van der Waals surface area (Å²) in [5.41, 5.74) is 0.490. The van der Waals surface area contributed by atoms with Crippen molar-refractivity contribution in [3.05, 3.63) is 96.1 Å². The molecular weight excluding hydrogens is 320 g/mol. The van der Waals surface area contributed by atoms with Crippen molar-refractivity contribution in [2.75, 3.05) is 0 Å². The SMILES string of the molecule is O=C(O)c1ccccc1.O=C(Oc1ccccc1)c1ccccc1O. The van der Waals surface area contributed by atoms with Crippen LogP contribution in [0.3, 0.4) is 0 Å². The second-order valence-electron chi connectivity index (χ2n) is 4.89. The number of carboxylic acids is 1. The molecule has 0 aromatic heterocycles. The van der Waals surface area contributed by atoms with Gasteiger partial charge in [-0.2, -0.15) is 0 Å². The first-order valence-corrected chi connectivity index (χ1v) is 7.41. The zero-order chi connectivity index (χ0) is 18.1. The third-order valence-electron chi connectivity index (χ3n) is 3.10. The number of hydrogen-bond acceptors (Lipinski definition) is 4. The number of aromatic hydroxyl groups is 1. The fourth-order valence-corrected chi connectivity index (χ4v) is 1.88. The molecule has 25 heavy (non-hydrogen) atoms. The number of hydrogen-bond donors (Lipinski definition) is 2. The van der Waals surface area contributed by atoms with Gasteiger partial charge in [0.15, 0.2) is 0 Å². The molecule has 0 saturated carbocycles. The van der Waals surface area contributed by atoms with Crippen LogP contribution in [0.2, 0.25) is 0 Å². The molecule has 0 atom stereocenters. The third kappa shape index (κ3) is 5.51. The van der Waals surface area contributed by atoms with Crippen LogP contribution in [-0.4, -0.2) is 22.2 Å². The lowest BCUT2D eigenvalue weighted by atomic mass is 10.2. The Bertz CT molecular complexity index is 829. The number of rotatable bonds is 3. The van der Waals surface area contributed by atoms with Crippen molar-refractivity contribution in [2.45, 2.75) is 0 Å². The second kappa shape index (κ2) is 8.88. The highest BCUT2D eigenvalue weighted by molar-refractivity contribution is 5.93. The third-order valence-corrected chi connectivity index (χ3v) is 3.10. The minimum atomic E-state index is -0.879. The topological polar surface area (TPSA) is 83.8 Å². The number of carbonyl (C=O) groups excluding carboxylic acids is 1. The van der Waals surface area contributed by atoms with Crippen LogP contribution < -0.4 is 4.74 Å². The maximum absolute atomic E-state index is 11.7. The van der Waals surface area contributed by atoms with E-state index in [9.17, 15) is 14.7 Å². The van der Waals surface area contributed by atoms with Crippen molar-refractivity contribution < 1.29 is 24.5 Å². The lowest BCUT2D eigenvalue weighted by molar-refractivity contribution is 0.0694. The van der Waals surface area contributed by atoms with Crippen LogP contribution in [0.5, 0.6) is 11.5 Å². The van der Waals surface area contributed by atoms with Crippen LogP contribution in [0.25, 0.3) is 0 Å². The van der Waals surface area contributed by atoms with Gasteiger partial charge in [-0.05, 0) is 36.4 Å². The van der Waals surface area contributed by atoms with E-state index >= 15 is 0 Å². The fraction of sp³-hybridized carbons (Fsp3) is 0. The Morgan fingerprint density at radius 3 is 1.76 bits per heavy atom. The van der Waals surface area contributed by atoms with E-state index in [1.54, 1.807) is 66.7 Å². The standard InChI is InChI=1S/C13H10O3.C7H6O2/c14-12-9-5-4-8-11(12)13(15)16-10-6-2-1-3-7-10;8-7(9)6-4-2-1-3-5-6/h1-9,14H;1-5H,(H,8,9). The molecule has 3 aromatic carbocycles. The normalized spacial score (nSPS) is 9.44. The molecule has 0 aliphatic rings. The molecule has 0 heterocycles. The highest BCUT2D eigenvalue weighted by Gasteiger charge is 2.12. The number of para-hydroxylation sites is 2. The lowest BCUT2D eigenvalue weighted by Gasteiger charge is -2.04. The molecular formula is C20H16O5. The number of aromatic carboxylic acids is 1. The van der Waals surface area contributed by atoms with E-state index in [0.29, 0.717) is 11.3 Å². The van der Waals surface area contributed by atoms with Gasteiger partial charge in [-0.25, -0.2) is 9.59 Å². The average Bonchev–Trinajstić information content (AvgIpc) is 2.64. The maximum Gasteiger partial charge on any atom is 0.347 e. The van der Waals surface area contributed by atoms with E-state index in [-0.39, 0.29) is 11.3 Å². The summed E-state index contributed by atoms with van der Waals surface area (Å²) >= 11 is 0. The Balaban J connectivity index is 0.000000212. The summed E-state index contributed by atoms with van der Waals surface area (Å²) in [6.07, 6.45) is 0. The smallest absolute Gasteiger partial charge is 0.347 e. The van der Waals surface area contributed by atoms with Gasteiger partial charge >= 0.3 is 11.9 Å². The number of ether oxygens (including phenoxy) is 1. The summed E-state index contributed by atoms with van der Waals surface area (Å²) in [6, 6.07) is 23.3. The molecule has 3 rings (SSSR count). The molecule has 0 aliphatic heterocycles. The van der Waals surface area contributed by atoms with Gasteiger partial charge in [-0.3, -0.25) is 0 Å². The van der Waals surface area contributed by atoms with Crippen molar-refractivity contribution in [3.8, 4) is 11.5 Å². The minimum absolute atomic E-state index is 0.0802. The van der Waals surface area contributed by atoms with Crippen LogP contribution >= 0.6 is 0 Å². The zero-order valence-corrected chi connectivity index (χ0v) is 13.2. The Kier molecular flexibility index (Phi) is 6.31. The fourth-order valence-electron chi connectivity index (χ4n) is 1.88. The van der Waals surface area contributed by atoms with Gasteiger partial charge in [0.05, 0.1) is 5.56 Å². The molecule has 3 aromatic rings. The molecule has 0 unspecified atom stereocenters. The van der Waals surface area contributed by atoms with Gasteiger partial charge in [-0.1, -0.05) is 48.5 Å². The number of esters is 1. The Hall–Kier alpha value is -3.60. The molecule has 5 nitrogen and oxygen atoms in total. The summed E-state index contributed by atoms with van der Waals surface area (Å²) in [4.78, 5) is 21.9. The van der Waals surface area contributed by atoms with Crippen LogP contribution in [0.4, 0.5) is 0 Å². The van der Waals surface area contributed by atoms with Crippen LogP contribution in [0.15, 0.2) is 84.9 Å². The van der Waals surface area contributed by atoms with Crippen LogP contribution in [-0.2, 0) is 0 Å². The number of carbonyl (C=O) groups is 2. The molecule has 0 bridgehead atoms. The molecule has 0 radical (unpaired) electrons. The van der Waals surface area contributed by atoms with E-state index in [2.05, 4.69) is 0 Å². The summed E-state index contributed by atoms with van der Waals surface area (Å²) in [6.45, 7) is 0. The first-order valence-electron chi connectivity index (χ1n) is 7.41. The Morgan fingerprint density at radius 2 is 1.24 bits per heavy atom. The monoisotopic (exact) mass is 336 g/mol. The molecule has 126 valence electrons. The quantitative estimate of drug-likeness (QED) is 0.558. The second-order valence-corrected chi connectivity index (χ2v) is 4.89. The largest absolute Gasteiger partial charge is 0.507 e. The van der Waals surface area contributed by atoms with E-state index in [1.807, 2.05) is 6.07 Å².